The average molecular weight is 500 g/mol. The summed E-state index contributed by atoms with van der Waals surface area (Å²) in [7, 11) is 3.56. The Hall–Kier alpha value is -2.37. The molecular formula is C32H37NO4. The molecule has 5 aliphatic carbocycles. The number of likely N-dealkylation sites (tertiary alicyclic amines) is 1. The van der Waals surface area contributed by atoms with Gasteiger partial charge in [-0.2, -0.15) is 0 Å². The summed E-state index contributed by atoms with van der Waals surface area (Å²) in [6.07, 6.45) is 7.42. The maximum absolute atomic E-state index is 14.5. The van der Waals surface area contributed by atoms with E-state index in [-0.39, 0.29) is 22.7 Å². The number of carbonyl (C=O) groups excluding carboxylic acids is 1. The molecule has 0 radical (unpaired) electrons. The molecule has 4 bridgehead atoms. The molecule has 194 valence electrons. The number of carbonyl (C=O) groups is 1. The van der Waals surface area contributed by atoms with Gasteiger partial charge >= 0.3 is 0 Å². The summed E-state index contributed by atoms with van der Waals surface area (Å²) in [4.78, 5) is 17.4. The van der Waals surface area contributed by atoms with Gasteiger partial charge in [0.2, 0.25) is 0 Å². The number of Topliss-reactive ketones (excluding diaryl/α,β-unsaturated/α-hetero) is 1. The Morgan fingerprint density at radius 3 is 2.62 bits per heavy atom. The first kappa shape index (κ1) is 22.6. The monoisotopic (exact) mass is 499 g/mol. The molecule has 2 spiro atoms. The highest BCUT2D eigenvalue weighted by atomic mass is 16.6. The lowest BCUT2D eigenvalue weighted by Gasteiger charge is -2.76. The molecule has 5 heteroatoms. The van der Waals surface area contributed by atoms with Gasteiger partial charge in [0.25, 0.3) is 0 Å². The topological polar surface area (TPSA) is 48.0 Å². The smallest absolute Gasteiger partial charge is 0.171 e. The Balaban J connectivity index is 1.38. The summed E-state index contributed by atoms with van der Waals surface area (Å²) in [6, 6.07) is 14.7. The molecule has 6 atom stereocenters. The van der Waals surface area contributed by atoms with E-state index in [1.165, 1.54) is 30.5 Å². The van der Waals surface area contributed by atoms with Gasteiger partial charge in [-0.1, -0.05) is 36.4 Å². The highest BCUT2D eigenvalue weighted by Crippen LogP contribution is 2.79. The lowest BCUT2D eigenvalue weighted by Crippen LogP contribution is -2.84. The van der Waals surface area contributed by atoms with Crippen LogP contribution in [0.2, 0.25) is 0 Å². The molecule has 0 amide bonds. The van der Waals surface area contributed by atoms with Gasteiger partial charge in [-0.3, -0.25) is 9.69 Å². The van der Waals surface area contributed by atoms with E-state index < -0.39 is 11.0 Å². The molecule has 7 aliphatic rings. The minimum Gasteiger partial charge on any atom is -0.493 e. The lowest BCUT2D eigenvalue weighted by atomic mass is 9.31. The molecule has 37 heavy (non-hydrogen) atoms. The number of hydrogen-bond donors (Lipinski definition) is 0. The van der Waals surface area contributed by atoms with E-state index in [1.54, 1.807) is 7.11 Å². The van der Waals surface area contributed by atoms with Crippen molar-refractivity contribution in [3.8, 4) is 11.5 Å². The molecule has 2 aliphatic heterocycles. The number of nitrogens with zero attached hydrogens (tertiary/aromatic N) is 1. The summed E-state index contributed by atoms with van der Waals surface area (Å²) >= 11 is 0. The second-order valence-electron chi connectivity index (χ2n) is 13.0. The van der Waals surface area contributed by atoms with Gasteiger partial charge in [0.05, 0.1) is 12.5 Å². The summed E-state index contributed by atoms with van der Waals surface area (Å²) < 4.78 is 19.6. The number of fused-ring (bicyclic) bond motifs is 2. The number of rotatable bonds is 6. The van der Waals surface area contributed by atoms with Gasteiger partial charge in [0.1, 0.15) is 11.7 Å². The van der Waals surface area contributed by atoms with Gasteiger partial charge < -0.3 is 14.2 Å². The van der Waals surface area contributed by atoms with Crippen LogP contribution < -0.4 is 9.47 Å². The molecule has 2 aromatic carbocycles. The average Bonchev–Trinajstić information content (AvgIpc) is 3.67. The van der Waals surface area contributed by atoms with Gasteiger partial charge in [-0.05, 0) is 76.0 Å². The molecule has 0 unspecified atom stereocenters. The van der Waals surface area contributed by atoms with Crippen molar-refractivity contribution in [1.82, 2.24) is 4.90 Å². The number of hydrogen-bond acceptors (Lipinski definition) is 5. The maximum Gasteiger partial charge on any atom is 0.171 e. The Bertz CT molecular complexity index is 1310. The van der Waals surface area contributed by atoms with Crippen LogP contribution in [-0.4, -0.2) is 55.7 Å². The van der Waals surface area contributed by atoms with Crippen LogP contribution in [0.5, 0.6) is 11.5 Å². The molecule has 5 nitrogen and oxygen atoms in total. The van der Waals surface area contributed by atoms with Gasteiger partial charge in [0, 0.05) is 41.7 Å². The minimum absolute atomic E-state index is 0.0190. The highest BCUT2D eigenvalue weighted by molar-refractivity contribution is 6.02. The van der Waals surface area contributed by atoms with Crippen molar-refractivity contribution in [1.29, 1.82) is 0 Å². The number of benzene rings is 2. The maximum atomic E-state index is 14.5. The second kappa shape index (κ2) is 7.18. The minimum atomic E-state index is -0.691. The summed E-state index contributed by atoms with van der Waals surface area (Å²) in [6.45, 7) is 4.49. The van der Waals surface area contributed by atoms with E-state index in [0.29, 0.717) is 6.04 Å². The summed E-state index contributed by atoms with van der Waals surface area (Å²) in [5, 5.41) is 0. The number of ketones is 1. The molecule has 0 aromatic heterocycles. The third-order valence-electron chi connectivity index (χ3n) is 11.8. The van der Waals surface area contributed by atoms with Crippen molar-refractivity contribution in [2.24, 2.45) is 16.7 Å². The third kappa shape index (κ3) is 2.43. The standard InChI is InChI=1S/C32H37NO4/c1-29(27(34)21-7-5-4-6-8-21)19-30-13-14-32(29,36-3)28-31(30)15-16-33(18-20-9-10-20)24(30)17-22-11-12-23(35-2)26(37-28)25(22)31/h4-8,11-12,20,24,28H,9-10,13-19H2,1-3H3/t24-,28-,29-,30-,31+,32+/m1/s1. The van der Waals surface area contributed by atoms with E-state index in [2.05, 4.69) is 24.0 Å². The van der Waals surface area contributed by atoms with Crippen LogP contribution >= 0.6 is 0 Å². The Morgan fingerprint density at radius 1 is 1.08 bits per heavy atom. The van der Waals surface area contributed by atoms with Gasteiger partial charge in [-0.15, -0.1) is 0 Å². The largest absolute Gasteiger partial charge is 0.493 e. The quantitative estimate of drug-likeness (QED) is 0.512. The molecular weight excluding hydrogens is 462 g/mol. The fourth-order valence-electron chi connectivity index (χ4n) is 10.2. The molecule has 9 rings (SSSR count). The van der Waals surface area contributed by atoms with Crippen LogP contribution in [0.3, 0.4) is 0 Å². The summed E-state index contributed by atoms with van der Waals surface area (Å²) in [5.41, 5.74) is 2.06. The molecule has 1 saturated heterocycles. The van der Waals surface area contributed by atoms with E-state index in [1.807, 2.05) is 37.4 Å². The molecule has 2 aromatic rings. The van der Waals surface area contributed by atoms with Crippen molar-refractivity contribution >= 4 is 5.78 Å². The van der Waals surface area contributed by atoms with Crippen molar-refractivity contribution in [2.45, 2.75) is 75.0 Å². The van der Waals surface area contributed by atoms with Gasteiger partial charge in [-0.25, -0.2) is 0 Å². The van der Waals surface area contributed by atoms with Crippen molar-refractivity contribution < 1.29 is 19.0 Å². The Morgan fingerprint density at radius 2 is 1.89 bits per heavy atom. The molecule has 0 N–H and O–H groups in total. The van der Waals surface area contributed by atoms with Crippen LogP contribution in [0, 0.1) is 16.7 Å². The van der Waals surface area contributed by atoms with Crippen LogP contribution in [0.4, 0.5) is 0 Å². The molecule has 5 fully saturated rings. The zero-order chi connectivity index (χ0) is 25.2. The predicted octanol–water partition coefficient (Wildman–Crippen LogP) is 5.19. The van der Waals surface area contributed by atoms with Gasteiger partial charge in [0.15, 0.2) is 17.3 Å². The number of piperidine rings is 1. The molecule has 2 heterocycles. The van der Waals surface area contributed by atoms with Crippen molar-refractivity contribution in [3.63, 3.8) is 0 Å². The van der Waals surface area contributed by atoms with E-state index in [4.69, 9.17) is 14.2 Å². The van der Waals surface area contributed by atoms with Crippen LogP contribution in [0.25, 0.3) is 0 Å². The normalized spacial score (nSPS) is 40.7. The van der Waals surface area contributed by atoms with Crippen molar-refractivity contribution in [3.05, 3.63) is 59.2 Å². The van der Waals surface area contributed by atoms with Crippen LogP contribution in [0.15, 0.2) is 42.5 Å². The second-order valence-corrected chi connectivity index (χ2v) is 13.0. The van der Waals surface area contributed by atoms with Crippen molar-refractivity contribution in [2.75, 3.05) is 27.3 Å². The van der Waals surface area contributed by atoms with E-state index >= 15 is 0 Å². The number of methoxy groups -OCH3 is 2. The zero-order valence-electron chi connectivity index (χ0n) is 22.2. The van der Waals surface area contributed by atoms with Crippen LogP contribution in [-0.2, 0) is 16.6 Å². The fourth-order valence-corrected chi connectivity index (χ4v) is 10.2. The van der Waals surface area contributed by atoms with E-state index in [9.17, 15) is 4.79 Å². The Labute approximate surface area is 219 Å². The Kier molecular flexibility index (Phi) is 4.38. The van der Waals surface area contributed by atoms with Crippen LogP contribution in [0.1, 0.15) is 66.9 Å². The molecule has 4 saturated carbocycles. The SMILES string of the molecule is COc1ccc2c3c1O[C@H]1[C@@]4(OC)CC[C@@]5(C[C@]4(C)C(=O)c4ccccc4)[C@@H](C2)N(CC2CC2)CC[C@]315. The fraction of sp³-hybridized carbons (Fsp3) is 0.594. The summed E-state index contributed by atoms with van der Waals surface area (Å²) in [5.74, 6) is 2.78. The third-order valence-corrected chi connectivity index (χ3v) is 11.8. The zero-order valence-corrected chi connectivity index (χ0v) is 22.2. The first-order valence-electron chi connectivity index (χ1n) is 14.2. The van der Waals surface area contributed by atoms with E-state index in [0.717, 1.165) is 61.6 Å². The first-order valence-corrected chi connectivity index (χ1v) is 14.2. The highest BCUT2D eigenvalue weighted by Gasteiger charge is 2.84. The lowest BCUT2D eigenvalue weighted by molar-refractivity contribution is -0.292. The first-order chi connectivity index (χ1) is 17.9. The predicted molar refractivity (Wildman–Crippen MR) is 140 cm³/mol. The number of ether oxygens (including phenoxy) is 3.